The van der Waals surface area contributed by atoms with Crippen molar-refractivity contribution in [3.8, 4) is 11.4 Å². The van der Waals surface area contributed by atoms with Crippen molar-refractivity contribution in [3.63, 3.8) is 0 Å². The number of ether oxygens (including phenoxy) is 1. The quantitative estimate of drug-likeness (QED) is 0.297. The van der Waals surface area contributed by atoms with E-state index in [1.165, 1.54) is 5.56 Å². The van der Waals surface area contributed by atoms with Crippen molar-refractivity contribution in [3.05, 3.63) is 107 Å². The van der Waals surface area contributed by atoms with Gasteiger partial charge in [-0.2, -0.15) is 0 Å². The third kappa shape index (κ3) is 6.79. The van der Waals surface area contributed by atoms with Gasteiger partial charge in [-0.25, -0.2) is 0 Å². The Morgan fingerprint density at radius 1 is 1.07 bits per heavy atom. The first-order chi connectivity index (χ1) is 19.2. The molecule has 7 nitrogen and oxygen atoms in total. The molecule has 1 aliphatic heterocycles. The number of aromatic nitrogens is 2. The minimum absolute atomic E-state index is 0.151. The number of amides is 1. The van der Waals surface area contributed by atoms with E-state index in [1.54, 1.807) is 0 Å². The van der Waals surface area contributed by atoms with Crippen molar-refractivity contribution < 1.29 is 9.53 Å². The summed E-state index contributed by atoms with van der Waals surface area (Å²) in [6, 6.07) is 18.2. The van der Waals surface area contributed by atoms with E-state index in [1.807, 2.05) is 56.4 Å². The molecule has 5 rings (SSSR count). The molecular weight excluding hydrogens is 498 g/mol. The highest BCUT2D eigenvalue weighted by Gasteiger charge is 2.23. The summed E-state index contributed by atoms with van der Waals surface area (Å²) >= 11 is 0. The zero-order chi connectivity index (χ0) is 28.2. The first-order valence-electron chi connectivity index (χ1n) is 14.0. The SMILES string of the molecule is Cc1ccn(-c2cc(CN3CCC(N)C(C)C3)cc(NC(=O)c3ccc(OCc4ccc(C)nc4)c(C)c3)c2)c1. The minimum atomic E-state index is -0.151. The molecule has 2 aromatic carbocycles. The molecule has 4 aromatic rings. The smallest absolute Gasteiger partial charge is 0.255 e. The molecule has 40 heavy (non-hydrogen) atoms. The molecule has 2 unspecified atom stereocenters. The molecule has 1 saturated heterocycles. The summed E-state index contributed by atoms with van der Waals surface area (Å²) in [6.45, 7) is 11.4. The lowest BCUT2D eigenvalue weighted by Gasteiger charge is -2.35. The number of nitrogens with one attached hydrogen (secondary N) is 1. The summed E-state index contributed by atoms with van der Waals surface area (Å²) in [5.74, 6) is 1.06. The third-order valence-corrected chi connectivity index (χ3v) is 7.64. The minimum Gasteiger partial charge on any atom is -0.489 e. The molecule has 7 heteroatoms. The molecular formula is C33H39N5O2. The topological polar surface area (TPSA) is 85.4 Å². The summed E-state index contributed by atoms with van der Waals surface area (Å²) in [5, 5.41) is 3.14. The fourth-order valence-electron chi connectivity index (χ4n) is 5.20. The number of carbonyl (C=O) groups is 1. The van der Waals surface area contributed by atoms with Crippen LogP contribution in [-0.2, 0) is 13.2 Å². The van der Waals surface area contributed by atoms with Crippen LogP contribution in [0.2, 0.25) is 0 Å². The maximum absolute atomic E-state index is 13.3. The number of piperidine rings is 1. The zero-order valence-electron chi connectivity index (χ0n) is 23.9. The highest BCUT2D eigenvalue weighted by Crippen LogP contribution is 2.25. The van der Waals surface area contributed by atoms with E-state index in [4.69, 9.17) is 10.5 Å². The van der Waals surface area contributed by atoms with Crippen LogP contribution in [0.1, 0.15) is 51.7 Å². The molecule has 208 valence electrons. The number of nitrogens with zero attached hydrogens (tertiary/aromatic N) is 3. The summed E-state index contributed by atoms with van der Waals surface area (Å²) < 4.78 is 8.10. The summed E-state index contributed by atoms with van der Waals surface area (Å²) in [6.07, 6.45) is 6.98. The fraction of sp³-hybridized carbons (Fsp3) is 0.333. The van der Waals surface area contributed by atoms with Crippen LogP contribution in [0, 0.1) is 26.7 Å². The van der Waals surface area contributed by atoms with Gasteiger partial charge in [-0.15, -0.1) is 0 Å². The van der Waals surface area contributed by atoms with E-state index in [2.05, 4.69) is 64.2 Å². The van der Waals surface area contributed by atoms with E-state index in [0.29, 0.717) is 18.1 Å². The zero-order valence-corrected chi connectivity index (χ0v) is 23.9. The molecule has 0 aliphatic carbocycles. The van der Waals surface area contributed by atoms with Crippen LogP contribution in [-0.4, -0.2) is 39.5 Å². The number of pyridine rings is 1. The molecule has 0 bridgehead atoms. The lowest BCUT2D eigenvalue weighted by atomic mass is 9.94. The average Bonchev–Trinajstić information content (AvgIpc) is 3.37. The van der Waals surface area contributed by atoms with Gasteiger partial charge in [0.05, 0.1) is 0 Å². The Kier molecular flexibility index (Phi) is 8.33. The molecule has 3 heterocycles. The van der Waals surface area contributed by atoms with Crippen molar-refractivity contribution in [2.75, 3.05) is 18.4 Å². The second-order valence-corrected chi connectivity index (χ2v) is 11.2. The first-order valence-corrected chi connectivity index (χ1v) is 14.0. The monoisotopic (exact) mass is 537 g/mol. The largest absolute Gasteiger partial charge is 0.489 e. The maximum Gasteiger partial charge on any atom is 0.255 e. The van der Waals surface area contributed by atoms with Crippen LogP contribution >= 0.6 is 0 Å². The second-order valence-electron chi connectivity index (χ2n) is 11.2. The van der Waals surface area contributed by atoms with Crippen molar-refractivity contribution in [1.29, 1.82) is 0 Å². The van der Waals surface area contributed by atoms with Crippen LogP contribution in [0.5, 0.6) is 5.75 Å². The van der Waals surface area contributed by atoms with Crippen LogP contribution in [0.3, 0.4) is 0 Å². The number of aryl methyl sites for hydroxylation is 3. The summed E-state index contributed by atoms with van der Waals surface area (Å²) in [5.41, 5.74) is 13.9. The van der Waals surface area contributed by atoms with E-state index in [0.717, 1.165) is 65.6 Å². The van der Waals surface area contributed by atoms with Gasteiger partial charge < -0.3 is 20.4 Å². The predicted molar refractivity (Wildman–Crippen MR) is 160 cm³/mol. The predicted octanol–water partition coefficient (Wildman–Crippen LogP) is 5.80. The van der Waals surface area contributed by atoms with Crippen LogP contribution in [0.15, 0.2) is 73.2 Å². The summed E-state index contributed by atoms with van der Waals surface area (Å²) in [4.78, 5) is 20.1. The molecule has 2 atom stereocenters. The number of anilines is 1. The number of carbonyl (C=O) groups excluding carboxylic acids is 1. The number of likely N-dealkylation sites (tertiary alicyclic amines) is 1. The van der Waals surface area contributed by atoms with E-state index < -0.39 is 0 Å². The van der Waals surface area contributed by atoms with Crippen LogP contribution < -0.4 is 15.8 Å². The standard InChI is InChI=1S/C33H39N5O2/c1-22-9-12-38(18-22)30-15-27(20-37-11-10-31(34)24(3)19-37)14-29(16-30)36-33(39)28-7-8-32(23(2)13-28)40-21-26-6-5-25(4)35-17-26/h5-9,12-18,24,31H,10-11,19-21,34H2,1-4H3,(H,36,39). The second kappa shape index (κ2) is 12.1. The molecule has 0 radical (unpaired) electrons. The maximum atomic E-state index is 13.3. The number of rotatable bonds is 8. The number of benzene rings is 2. The highest BCUT2D eigenvalue weighted by atomic mass is 16.5. The first kappa shape index (κ1) is 27.6. The van der Waals surface area contributed by atoms with Crippen molar-refractivity contribution in [2.45, 2.75) is 53.3 Å². The van der Waals surface area contributed by atoms with Gasteiger partial charge in [-0.3, -0.25) is 14.7 Å². The van der Waals surface area contributed by atoms with E-state index >= 15 is 0 Å². The van der Waals surface area contributed by atoms with Gasteiger partial charge in [0.15, 0.2) is 0 Å². The molecule has 2 aromatic heterocycles. The summed E-state index contributed by atoms with van der Waals surface area (Å²) in [7, 11) is 0. The molecule has 1 aliphatic rings. The van der Waals surface area contributed by atoms with Gasteiger partial charge in [-0.05, 0) is 105 Å². The average molecular weight is 538 g/mol. The van der Waals surface area contributed by atoms with Gasteiger partial charge >= 0.3 is 0 Å². The fourth-order valence-corrected chi connectivity index (χ4v) is 5.20. The lowest BCUT2D eigenvalue weighted by Crippen LogP contribution is -2.45. The molecule has 1 fully saturated rings. The number of nitrogens with two attached hydrogens (primary N) is 1. The van der Waals surface area contributed by atoms with Gasteiger partial charge in [0.25, 0.3) is 5.91 Å². The highest BCUT2D eigenvalue weighted by molar-refractivity contribution is 6.04. The molecule has 1 amide bonds. The van der Waals surface area contributed by atoms with Gasteiger partial charge in [0, 0.05) is 65.9 Å². The van der Waals surface area contributed by atoms with E-state index in [-0.39, 0.29) is 11.9 Å². The van der Waals surface area contributed by atoms with Gasteiger partial charge in [0.1, 0.15) is 12.4 Å². The Hall–Kier alpha value is -3.94. The van der Waals surface area contributed by atoms with Crippen molar-refractivity contribution in [1.82, 2.24) is 14.5 Å². The van der Waals surface area contributed by atoms with Gasteiger partial charge in [-0.1, -0.05) is 13.0 Å². The number of hydrogen-bond acceptors (Lipinski definition) is 5. The Balaban J connectivity index is 1.32. The number of hydrogen-bond donors (Lipinski definition) is 2. The van der Waals surface area contributed by atoms with Crippen molar-refractivity contribution in [2.24, 2.45) is 11.7 Å². The van der Waals surface area contributed by atoms with Crippen LogP contribution in [0.4, 0.5) is 5.69 Å². The Morgan fingerprint density at radius 3 is 2.62 bits per heavy atom. The Morgan fingerprint density at radius 2 is 1.93 bits per heavy atom. The van der Waals surface area contributed by atoms with Crippen molar-refractivity contribution >= 4 is 11.6 Å². The molecule has 3 N–H and O–H groups in total. The van der Waals surface area contributed by atoms with E-state index in [9.17, 15) is 4.79 Å². The Bertz CT molecular complexity index is 1480. The van der Waals surface area contributed by atoms with Crippen LogP contribution in [0.25, 0.3) is 5.69 Å². The third-order valence-electron chi connectivity index (χ3n) is 7.64. The lowest BCUT2D eigenvalue weighted by molar-refractivity contribution is 0.102. The normalized spacial score (nSPS) is 17.5. The van der Waals surface area contributed by atoms with Gasteiger partial charge in [0.2, 0.25) is 0 Å². The molecule has 0 saturated carbocycles. The Labute approximate surface area is 237 Å². The molecule has 0 spiro atoms.